The molecule has 6 heteroatoms. The van der Waals surface area contributed by atoms with Crippen LogP contribution in [0.2, 0.25) is 0 Å². The molecule has 1 aliphatic rings. The Morgan fingerprint density at radius 1 is 1.40 bits per heavy atom. The second-order valence-corrected chi connectivity index (χ2v) is 4.52. The first-order valence-corrected chi connectivity index (χ1v) is 6.47. The molecule has 112 valence electrons. The van der Waals surface area contributed by atoms with E-state index in [1.165, 1.54) is 0 Å². The average molecular weight is 301 g/mol. The van der Waals surface area contributed by atoms with Crippen molar-refractivity contribution in [1.82, 2.24) is 10.6 Å². The maximum Gasteiger partial charge on any atom is 0.237 e. The number of hydrogen-bond donors (Lipinski definition) is 2. The van der Waals surface area contributed by atoms with E-state index in [4.69, 9.17) is 9.47 Å². The van der Waals surface area contributed by atoms with Gasteiger partial charge >= 0.3 is 0 Å². The van der Waals surface area contributed by atoms with Gasteiger partial charge in [-0.3, -0.25) is 4.79 Å². The molecule has 0 aromatic heterocycles. The first-order valence-electron chi connectivity index (χ1n) is 6.47. The van der Waals surface area contributed by atoms with Gasteiger partial charge in [0.2, 0.25) is 5.91 Å². The van der Waals surface area contributed by atoms with E-state index in [-0.39, 0.29) is 24.4 Å². The van der Waals surface area contributed by atoms with E-state index in [2.05, 4.69) is 10.6 Å². The molecular formula is C14H21ClN2O3. The number of carbonyl (C=O) groups excluding carboxylic acids is 1. The fourth-order valence-electron chi connectivity index (χ4n) is 2.31. The van der Waals surface area contributed by atoms with Crippen molar-refractivity contribution in [3.63, 3.8) is 0 Å². The molecule has 0 saturated carbocycles. The van der Waals surface area contributed by atoms with E-state index in [0.717, 1.165) is 24.9 Å². The fraction of sp³-hybridized carbons (Fsp3) is 0.500. The van der Waals surface area contributed by atoms with E-state index in [1.54, 1.807) is 14.2 Å². The lowest BCUT2D eigenvalue weighted by Gasteiger charge is -2.15. The van der Waals surface area contributed by atoms with Crippen LogP contribution in [0.25, 0.3) is 0 Å². The van der Waals surface area contributed by atoms with Crippen molar-refractivity contribution in [2.24, 2.45) is 0 Å². The fourth-order valence-corrected chi connectivity index (χ4v) is 2.31. The highest BCUT2D eigenvalue weighted by Gasteiger charge is 2.21. The van der Waals surface area contributed by atoms with Crippen LogP contribution in [0, 0.1) is 0 Å². The second-order valence-electron chi connectivity index (χ2n) is 4.52. The van der Waals surface area contributed by atoms with Crippen molar-refractivity contribution in [3.8, 4) is 11.5 Å². The molecule has 5 nitrogen and oxygen atoms in total. The van der Waals surface area contributed by atoms with Gasteiger partial charge in [0.05, 0.1) is 20.3 Å². The molecule has 1 aromatic rings. The molecule has 2 N–H and O–H groups in total. The van der Waals surface area contributed by atoms with Crippen LogP contribution in [0.15, 0.2) is 18.2 Å². The van der Waals surface area contributed by atoms with E-state index in [1.807, 2.05) is 18.2 Å². The third kappa shape index (κ3) is 3.77. The summed E-state index contributed by atoms with van der Waals surface area (Å²) in [5, 5.41) is 6.11. The van der Waals surface area contributed by atoms with Crippen LogP contribution in [0.3, 0.4) is 0 Å². The van der Waals surface area contributed by atoms with Gasteiger partial charge in [-0.05, 0) is 25.5 Å². The lowest BCUT2D eigenvalue weighted by Crippen LogP contribution is -2.40. The predicted octanol–water partition coefficient (Wildman–Crippen LogP) is 1.49. The molecule has 0 aliphatic carbocycles. The maximum atomic E-state index is 11.9. The van der Waals surface area contributed by atoms with Crippen LogP contribution < -0.4 is 20.1 Å². The van der Waals surface area contributed by atoms with Gasteiger partial charge in [-0.25, -0.2) is 0 Å². The number of carbonyl (C=O) groups is 1. The molecule has 1 saturated heterocycles. The van der Waals surface area contributed by atoms with Crippen molar-refractivity contribution in [2.45, 2.75) is 25.4 Å². The van der Waals surface area contributed by atoms with Crippen LogP contribution in [0.5, 0.6) is 11.5 Å². The summed E-state index contributed by atoms with van der Waals surface area (Å²) in [5.74, 6) is 1.39. The lowest BCUT2D eigenvalue weighted by atomic mass is 10.1. The van der Waals surface area contributed by atoms with Crippen molar-refractivity contribution >= 4 is 18.3 Å². The van der Waals surface area contributed by atoms with Crippen molar-refractivity contribution in [2.75, 3.05) is 20.8 Å². The Labute approximate surface area is 125 Å². The van der Waals surface area contributed by atoms with Crippen molar-refractivity contribution in [3.05, 3.63) is 23.8 Å². The maximum absolute atomic E-state index is 11.9. The first-order chi connectivity index (χ1) is 9.26. The molecule has 0 spiro atoms. The number of nitrogens with one attached hydrogen (secondary N) is 2. The van der Waals surface area contributed by atoms with Crippen molar-refractivity contribution < 1.29 is 14.3 Å². The number of methoxy groups -OCH3 is 2. The molecule has 1 amide bonds. The average Bonchev–Trinajstić information content (AvgIpc) is 2.98. The molecule has 20 heavy (non-hydrogen) atoms. The Kier molecular flexibility index (Phi) is 6.61. The number of hydrogen-bond acceptors (Lipinski definition) is 4. The number of rotatable bonds is 5. The Hall–Kier alpha value is -1.46. The highest BCUT2D eigenvalue weighted by molar-refractivity contribution is 5.85. The van der Waals surface area contributed by atoms with Crippen LogP contribution in [0.4, 0.5) is 0 Å². The molecule has 0 bridgehead atoms. The molecule has 1 aliphatic heterocycles. The summed E-state index contributed by atoms with van der Waals surface area (Å²) in [4.78, 5) is 11.9. The van der Waals surface area contributed by atoms with Gasteiger partial charge in [-0.15, -0.1) is 12.4 Å². The number of halogens is 1. The number of amides is 1. The smallest absolute Gasteiger partial charge is 0.237 e. The molecule has 0 radical (unpaired) electrons. The standard InChI is InChI=1S/C14H20N2O3.ClH/c1-18-12-7-3-5-10(13(12)19-2)9-16-14(17)11-6-4-8-15-11;/h3,5,7,11,15H,4,6,8-9H2,1-2H3,(H,16,17);1H. The Morgan fingerprint density at radius 3 is 2.80 bits per heavy atom. The largest absolute Gasteiger partial charge is 0.493 e. The van der Waals surface area contributed by atoms with Gasteiger partial charge < -0.3 is 20.1 Å². The predicted molar refractivity (Wildman–Crippen MR) is 79.7 cm³/mol. The number of ether oxygens (including phenoxy) is 2. The summed E-state index contributed by atoms with van der Waals surface area (Å²) in [6, 6.07) is 5.58. The zero-order chi connectivity index (χ0) is 13.7. The third-order valence-corrected chi connectivity index (χ3v) is 3.31. The van der Waals surface area contributed by atoms with Crippen LogP contribution in [-0.2, 0) is 11.3 Å². The van der Waals surface area contributed by atoms with Gasteiger partial charge in [-0.1, -0.05) is 12.1 Å². The van der Waals surface area contributed by atoms with E-state index in [0.29, 0.717) is 18.0 Å². The molecule has 1 aromatic carbocycles. The summed E-state index contributed by atoms with van der Waals surface area (Å²) in [5.41, 5.74) is 0.910. The number of benzene rings is 1. The summed E-state index contributed by atoms with van der Waals surface area (Å²) in [7, 11) is 3.20. The topological polar surface area (TPSA) is 59.6 Å². The summed E-state index contributed by atoms with van der Waals surface area (Å²) < 4.78 is 10.6. The van der Waals surface area contributed by atoms with E-state index < -0.39 is 0 Å². The minimum Gasteiger partial charge on any atom is -0.493 e. The summed E-state index contributed by atoms with van der Waals surface area (Å²) >= 11 is 0. The summed E-state index contributed by atoms with van der Waals surface area (Å²) in [6.45, 7) is 1.36. The second kappa shape index (κ2) is 7.97. The van der Waals surface area contributed by atoms with E-state index >= 15 is 0 Å². The molecular weight excluding hydrogens is 280 g/mol. The van der Waals surface area contributed by atoms with E-state index in [9.17, 15) is 4.79 Å². The quantitative estimate of drug-likeness (QED) is 0.865. The minimum atomic E-state index is -0.0587. The molecule has 1 heterocycles. The van der Waals surface area contributed by atoms with Crippen LogP contribution in [-0.4, -0.2) is 32.7 Å². The molecule has 2 rings (SSSR count). The van der Waals surface area contributed by atoms with Gasteiger partial charge in [-0.2, -0.15) is 0 Å². The minimum absolute atomic E-state index is 0. The normalized spacial score (nSPS) is 17.2. The van der Waals surface area contributed by atoms with Gasteiger partial charge in [0, 0.05) is 12.1 Å². The first kappa shape index (κ1) is 16.6. The van der Waals surface area contributed by atoms with Gasteiger partial charge in [0.25, 0.3) is 0 Å². The zero-order valence-corrected chi connectivity index (χ0v) is 12.6. The molecule has 1 atom stereocenters. The Morgan fingerprint density at radius 2 is 2.20 bits per heavy atom. The highest BCUT2D eigenvalue weighted by atomic mass is 35.5. The van der Waals surface area contributed by atoms with Gasteiger partial charge in [0.15, 0.2) is 11.5 Å². The van der Waals surface area contributed by atoms with Crippen molar-refractivity contribution in [1.29, 1.82) is 0 Å². The van der Waals surface area contributed by atoms with Gasteiger partial charge in [0.1, 0.15) is 0 Å². The zero-order valence-electron chi connectivity index (χ0n) is 11.8. The summed E-state index contributed by atoms with van der Waals surface area (Å²) in [6.07, 6.45) is 1.96. The molecule has 1 fully saturated rings. The highest BCUT2D eigenvalue weighted by Crippen LogP contribution is 2.30. The Balaban J connectivity index is 0.00000200. The third-order valence-electron chi connectivity index (χ3n) is 3.31. The van der Waals surface area contributed by atoms with Crippen LogP contribution >= 0.6 is 12.4 Å². The number of para-hydroxylation sites is 1. The van der Waals surface area contributed by atoms with Crippen LogP contribution in [0.1, 0.15) is 18.4 Å². The monoisotopic (exact) mass is 300 g/mol. The Bertz CT molecular complexity index is 448. The SMILES string of the molecule is COc1cccc(CNC(=O)C2CCCN2)c1OC.Cl. The molecule has 1 unspecified atom stereocenters. The lowest BCUT2D eigenvalue weighted by molar-refractivity contribution is -0.122.